The first-order chi connectivity index (χ1) is 11.8. The second kappa shape index (κ2) is 11.1. The fourth-order valence-corrected chi connectivity index (χ4v) is 2.62. The Balaban J connectivity index is 0.00000338. The largest absolute Gasteiger partial charge is 0.347 e. The molecule has 0 saturated heterocycles. The highest BCUT2D eigenvalue weighted by atomic mass is 35.5. The summed E-state index contributed by atoms with van der Waals surface area (Å²) < 4.78 is 2.10. The van der Waals surface area contributed by atoms with Crippen molar-refractivity contribution in [2.75, 3.05) is 6.54 Å². The van der Waals surface area contributed by atoms with Crippen molar-refractivity contribution in [2.45, 2.75) is 46.3 Å². The predicted octanol–water partition coefficient (Wildman–Crippen LogP) is 2.18. The number of rotatable bonds is 7. The Morgan fingerprint density at radius 2 is 1.74 bits per heavy atom. The molecule has 4 N–H and O–H groups in total. The van der Waals surface area contributed by atoms with Crippen LogP contribution in [0.25, 0.3) is 11.0 Å². The molecule has 1 heterocycles. The zero-order valence-corrected chi connectivity index (χ0v) is 17.7. The lowest BCUT2D eigenvalue weighted by atomic mass is 10.1. The highest BCUT2D eigenvalue weighted by molar-refractivity contribution is 5.87. The summed E-state index contributed by atoms with van der Waals surface area (Å²) in [5, 5.41) is 5.36. The number of imidazole rings is 1. The van der Waals surface area contributed by atoms with Gasteiger partial charge in [-0.15, -0.1) is 24.8 Å². The normalized spacial score (nSPS) is 11.7. The van der Waals surface area contributed by atoms with Gasteiger partial charge >= 0.3 is 0 Å². The Morgan fingerprint density at radius 3 is 2.33 bits per heavy atom. The van der Waals surface area contributed by atoms with Gasteiger partial charge in [-0.3, -0.25) is 9.59 Å². The van der Waals surface area contributed by atoms with Crippen LogP contribution in [0.1, 0.15) is 39.6 Å². The molecule has 0 saturated carbocycles. The summed E-state index contributed by atoms with van der Waals surface area (Å²) in [6, 6.07) is 7.49. The van der Waals surface area contributed by atoms with Gasteiger partial charge in [0.25, 0.3) is 0 Å². The van der Waals surface area contributed by atoms with Crippen molar-refractivity contribution in [2.24, 2.45) is 11.7 Å². The van der Waals surface area contributed by atoms with Gasteiger partial charge in [-0.25, -0.2) is 4.98 Å². The van der Waals surface area contributed by atoms with Crippen molar-refractivity contribution in [3.05, 3.63) is 30.1 Å². The van der Waals surface area contributed by atoms with Gasteiger partial charge in [-0.1, -0.05) is 26.0 Å². The van der Waals surface area contributed by atoms with Crippen LogP contribution in [0.15, 0.2) is 24.3 Å². The van der Waals surface area contributed by atoms with E-state index in [1.165, 1.54) is 0 Å². The Hall–Kier alpha value is -1.83. The molecular formula is C18H29Cl2N5O2. The molecule has 0 fully saturated rings. The first-order valence-electron chi connectivity index (χ1n) is 8.57. The maximum Gasteiger partial charge on any atom is 0.239 e. The van der Waals surface area contributed by atoms with Crippen LogP contribution in [0.4, 0.5) is 0 Å². The summed E-state index contributed by atoms with van der Waals surface area (Å²) in [5.74, 6) is 0.218. The molecule has 2 rings (SSSR count). The molecule has 1 aromatic heterocycles. The summed E-state index contributed by atoms with van der Waals surface area (Å²) in [6.07, 6.45) is 0. The van der Waals surface area contributed by atoms with Crippen LogP contribution in [-0.4, -0.2) is 34.0 Å². The van der Waals surface area contributed by atoms with Crippen LogP contribution in [0.2, 0.25) is 0 Å². The number of carbonyl (C=O) groups is 2. The summed E-state index contributed by atoms with van der Waals surface area (Å²) in [7, 11) is 0. The SMILES string of the molecule is CC(C)[C@H](N)C(=O)NCC(=O)NCc1nc2ccccc2n1C(C)C.Cl.Cl. The highest BCUT2D eigenvalue weighted by Gasteiger charge is 2.18. The van der Waals surface area contributed by atoms with Crippen molar-refractivity contribution >= 4 is 47.7 Å². The minimum atomic E-state index is -0.613. The lowest BCUT2D eigenvalue weighted by molar-refractivity contribution is -0.127. The number of halogens is 2. The van der Waals surface area contributed by atoms with Crippen molar-refractivity contribution in [3.8, 4) is 0 Å². The molecule has 0 radical (unpaired) electrons. The first-order valence-corrected chi connectivity index (χ1v) is 8.57. The smallest absolute Gasteiger partial charge is 0.239 e. The fourth-order valence-electron chi connectivity index (χ4n) is 2.62. The molecule has 2 aromatic rings. The van der Waals surface area contributed by atoms with Gasteiger partial charge in [0.15, 0.2) is 0 Å². The molecule has 1 atom stereocenters. The topological polar surface area (TPSA) is 102 Å². The molecule has 27 heavy (non-hydrogen) atoms. The lowest BCUT2D eigenvalue weighted by Crippen LogP contribution is -2.47. The Bertz CT molecular complexity index is 761. The number of aromatic nitrogens is 2. The second-order valence-electron chi connectivity index (χ2n) is 6.74. The van der Waals surface area contributed by atoms with Gasteiger partial charge in [-0.2, -0.15) is 0 Å². The number of para-hydroxylation sites is 2. The van der Waals surface area contributed by atoms with Crippen molar-refractivity contribution in [1.29, 1.82) is 0 Å². The number of hydrogen-bond donors (Lipinski definition) is 3. The monoisotopic (exact) mass is 417 g/mol. The molecule has 0 aliphatic carbocycles. The average Bonchev–Trinajstić information content (AvgIpc) is 2.95. The first kappa shape index (κ1) is 25.2. The molecule has 0 aliphatic rings. The lowest BCUT2D eigenvalue weighted by Gasteiger charge is -2.16. The van der Waals surface area contributed by atoms with E-state index in [9.17, 15) is 9.59 Å². The molecule has 152 valence electrons. The summed E-state index contributed by atoms with van der Waals surface area (Å²) in [6.45, 7) is 8.08. The molecular weight excluding hydrogens is 389 g/mol. The number of carbonyl (C=O) groups excluding carboxylic acids is 2. The standard InChI is InChI=1S/C18H27N5O2.2ClH/c1-11(2)17(19)18(25)21-10-16(24)20-9-15-22-13-7-5-6-8-14(13)23(15)12(3)4;;/h5-8,11-12,17H,9-10,19H2,1-4H3,(H,20,24)(H,21,25);2*1H/t17-;;/m0../s1. The van der Waals surface area contributed by atoms with Gasteiger partial charge in [-0.05, 0) is 31.9 Å². The van der Waals surface area contributed by atoms with Crippen LogP contribution in [0.5, 0.6) is 0 Å². The van der Waals surface area contributed by atoms with E-state index in [0.29, 0.717) is 6.54 Å². The van der Waals surface area contributed by atoms with E-state index in [-0.39, 0.29) is 55.1 Å². The number of benzene rings is 1. The van der Waals surface area contributed by atoms with Crippen LogP contribution in [0.3, 0.4) is 0 Å². The zero-order valence-electron chi connectivity index (χ0n) is 16.1. The number of nitrogens with zero attached hydrogens (tertiary/aromatic N) is 2. The van der Waals surface area contributed by atoms with Crippen LogP contribution < -0.4 is 16.4 Å². The molecule has 0 bridgehead atoms. The second-order valence-corrected chi connectivity index (χ2v) is 6.74. The van der Waals surface area contributed by atoms with Crippen LogP contribution >= 0.6 is 24.8 Å². The molecule has 0 unspecified atom stereocenters. The third-order valence-electron chi connectivity index (χ3n) is 4.07. The molecule has 2 amide bonds. The zero-order chi connectivity index (χ0) is 18.6. The fraction of sp³-hybridized carbons (Fsp3) is 0.500. The van der Waals surface area contributed by atoms with E-state index in [2.05, 4.69) is 34.0 Å². The van der Waals surface area contributed by atoms with Gasteiger partial charge in [0.1, 0.15) is 5.82 Å². The van der Waals surface area contributed by atoms with Gasteiger partial charge in [0.05, 0.1) is 30.2 Å². The predicted molar refractivity (Wildman–Crippen MR) is 112 cm³/mol. The van der Waals surface area contributed by atoms with Crippen molar-refractivity contribution in [1.82, 2.24) is 20.2 Å². The van der Waals surface area contributed by atoms with E-state index in [1.807, 2.05) is 38.1 Å². The molecule has 9 heteroatoms. The molecule has 1 aromatic carbocycles. The summed E-state index contributed by atoms with van der Waals surface area (Å²) in [4.78, 5) is 28.4. The van der Waals surface area contributed by atoms with E-state index in [0.717, 1.165) is 16.9 Å². The number of hydrogen-bond acceptors (Lipinski definition) is 4. The summed E-state index contributed by atoms with van der Waals surface area (Å²) >= 11 is 0. The molecule has 0 aliphatic heterocycles. The minimum absolute atomic E-state index is 0. The number of amides is 2. The number of nitrogens with two attached hydrogens (primary N) is 1. The number of fused-ring (bicyclic) bond motifs is 1. The van der Waals surface area contributed by atoms with Crippen LogP contribution in [-0.2, 0) is 16.1 Å². The summed E-state index contributed by atoms with van der Waals surface area (Å²) in [5.41, 5.74) is 7.69. The van der Waals surface area contributed by atoms with E-state index >= 15 is 0 Å². The van der Waals surface area contributed by atoms with E-state index < -0.39 is 6.04 Å². The van der Waals surface area contributed by atoms with Gasteiger partial charge < -0.3 is 20.9 Å². The van der Waals surface area contributed by atoms with Gasteiger partial charge in [0, 0.05) is 6.04 Å². The Morgan fingerprint density at radius 1 is 1.11 bits per heavy atom. The Labute approximate surface area is 172 Å². The molecule has 0 spiro atoms. The van der Waals surface area contributed by atoms with Crippen molar-refractivity contribution < 1.29 is 9.59 Å². The Kier molecular flexibility index (Phi) is 10.4. The van der Waals surface area contributed by atoms with Crippen LogP contribution in [0, 0.1) is 5.92 Å². The van der Waals surface area contributed by atoms with Gasteiger partial charge in [0.2, 0.25) is 11.8 Å². The third-order valence-corrected chi connectivity index (χ3v) is 4.07. The highest BCUT2D eigenvalue weighted by Crippen LogP contribution is 2.20. The maximum atomic E-state index is 12.0. The van der Waals surface area contributed by atoms with E-state index in [1.54, 1.807) is 0 Å². The third kappa shape index (κ3) is 6.37. The molecule has 7 nitrogen and oxygen atoms in total. The van der Waals surface area contributed by atoms with E-state index in [4.69, 9.17) is 5.73 Å². The number of nitrogens with one attached hydrogen (secondary N) is 2. The minimum Gasteiger partial charge on any atom is -0.347 e. The average molecular weight is 418 g/mol. The quantitative estimate of drug-likeness (QED) is 0.641. The maximum absolute atomic E-state index is 12.0. The van der Waals surface area contributed by atoms with Crippen molar-refractivity contribution in [3.63, 3.8) is 0 Å².